The Morgan fingerprint density at radius 3 is 2.40 bits per heavy atom. The number of methoxy groups -OCH3 is 2. The summed E-state index contributed by atoms with van der Waals surface area (Å²) in [6.07, 6.45) is -5.09. The van der Waals surface area contributed by atoms with Crippen molar-refractivity contribution in [1.82, 2.24) is 4.90 Å². The molecule has 0 aliphatic carbocycles. The number of nitrogens with zero attached hydrogens (tertiary/aromatic N) is 1. The van der Waals surface area contributed by atoms with E-state index in [0.29, 0.717) is 12.5 Å². The molecule has 1 amide bonds. The Morgan fingerprint density at radius 2 is 1.88 bits per heavy atom. The first-order chi connectivity index (χ1) is 11.7. The third kappa shape index (κ3) is 4.02. The molecular formula is C16H17F4NO4. The van der Waals surface area contributed by atoms with Crippen molar-refractivity contribution in [3.05, 3.63) is 35.1 Å². The summed E-state index contributed by atoms with van der Waals surface area (Å²) in [4.78, 5) is 24.9. The number of carbonyl (C=O) groups excluding carboxylic acids is 2. The minimum Gasteiger partial charge on any atom is -0.469 e. The summed E-state index contributed by atoms with van der Waals surface area (Å²) in [5, 5.41) is 0. The predicted octanol–water partition coefficient (Wildman–Crippen LogP) is 3.54. The van der Waals surface area contributed by atoms with Gasteiger partial charge in [0.15, 0.2) is 0 Å². The van der Waals surface area contributed by atoms with E-state index in [2.05, 4.69) is 9.47 Å². The van der Waals surface area contributed by atoms with Gasteiger partial charge in [-0.1, -0.05) is 6.07 Å². The fourth-order valence-electron chi connectivity index (χ4n) is 2.97. The van der Waals surface area contributed by atoms with E-state index in [0.717, 1.165) is 12.1 Å². The van der Waals surface area contributed by atoms with Gasteiger partial charge in [-0.25, -0.2) is 9.18 Å². The molecule has 0 bridgehead atoms. The van der Waals surface area contributed by atoms with Crippen LogP contribution in [0.15, 0.2) is 18.2 Å². The quantitative estimate of drug-likeness (QED) is 0.596. The zero-order chi connectivity index (χ0) is 18.8. The number of likely N-dealkylation sites (tertiary alicyclic amines) is 1. The lowest BCUT2D eigenvalue weighted by Gasteiger charge is -2.37. The van der Waals surface area contributed by atoms with E-state index < -0.39 is 41.6 Å². The minimum absolute atomic E-state index is 0.104. The molecule has 1 aliphatic heterocycles. The number of carbonyl (C=O) groups is 2. The number of alkyl halides is 3. The predicted molar refractivity (Wildman–Crippen MR) is 78.0 cm³/mol. The van der Waals surface area contributed by atoms with E-state index in [4.69, 9.17) is 0 Å². The molecule has 1 heterocycles. The van der Waals surface area contributed by atoms with E-state index in [1.54, 1.807) is 0 Å². The highest BCUT2D eigenvalue weighted by molar-refractivity contribution is 5.74. The Kier molecular flexibility index (Phi) is 5.54. The minimum atomic E-state index is -4.81. The van der Waals surface area contributed by atoms with Crippen molar-refractivity contribution in [3.8, 4) is 0 Å². The molecule has 0 radical (unpaired) electrons. The van der Waals surface area contributed by atoms with Gasteiger partial charge >= 0.3 is 18.2 Å². The monoisotopic (exact) mass is 363 g/mol. The number of amides is 1. The van der Waals surface area contributed by atoms with Crippen LogP contribution in [0.5, 0.6) is 0 Å². The van der Waals surface area contributed by atoms with Gasteiger partial charge in [0.1, 0.15) is 5.82 Å². The molecule has 1 saturated heterocycles. The van der Waals surface area contributed by atoms with Gasteiger partial charge in [0.25, 0.3) is 0 Å². The maximum atomic E-state index is 13.9. The van der Waals surface area contributed by atoms with E-state index >= 15 is 0 Å². The van der Waals surface area contributed by atoms with Crippen LogP contribution in [-0.4, -0.2) is 37.7 Å². The van der Waals surface area contributed by atoms with E-state index in [1.807, 2.05) is 0 Å². The molecule has 2 rings (SSSR count). The largest absolute Gasteiger partial charge is 0.469 e. The Morgan fingerprint density at radius 1 is 1.20 bits per heavy atom. The van der Waals surface area contributed by atoms with Crippen LogP contribution in [0.2, 0.25) is 0 Å². The van der Waals surface area contributed by atoms with Gasteiger partial charge in [0, 0.05) is 6.54 Å². The highest BCUT2D eigenvalue weighted by Gasteiger charge is 2.38. The maximum Gasteiger partial charge on any atom is 0.419 e. The summed E-state index contributed by atoms with van der Waals surface area (Å²) < 4.78 is 61.4. The second kappa shape index (κ2) is 7.28. The lowest BCUT2D eigenvalue weighted by Crippen LogP contribution is -2.43. The molecule has 1 aromatic carbocycles. The number of benzene rings is 1. The topological polar surface area (TPSA) is 55.8 Å². The lowest BCUT2D eigenvalue weighted by molar-refractivity contribution is -0.147. The fourth-order valence-corrected chi connectivity index (χ4v) is 2.97. The molecule has 2 unspecified atom stereocenters. The number of esters is 1. The molecule has 2 atom stereocenters. The van der Waals surface area contributed by atoms with Gasteiger partial charge in [-0.2, -0.15) is 13.2 Å². The highest BCUT2D eigenvalue weighted by Crippen LogP contribution is 2.38. The normalized spacial score (nSPS) is 21.0. The standard InChI is InChI=1S/C16H17F4NO4/c1-24-14(22)10-5-6-21(15(23)25-2)13(8-10)9-3-4-11(12(17)7-9)16(18,19)20/h3-4,7,10,13H,5-6,8H2,1-2H3. The Hall–Kier alpha value is -2.32. The van der Waals surface area contributed by atoms with Crippen LogP contribution in [-0.2, 0) is 20.4 Å². The molecule has 1 aliphatic rings. The van der Waals surface area contributed by atoms with Crippen LogP contribution in [0.4, 0.5) is 22.4 Å². The number of hydrogen-bond acceptors (Lipinski definition) is 4. The van der Waals surface area contributed by atoms with Crippen molar-refractivity contribution in [1.29, 1.82) is 0 Å². The average Bonchev–Trinajstić information content (AvgIpc) is 2.58. The zero-order valence-corrected chi connectivity index (χ0v) is 13.6. The van der Waals surface area contributed by atoms with Crippen molar-refractivity contribution in [2.24, 2.45) is 5.92 Å². The molecule has 0 spiro atoms. The van der Waals surface area contributed by atoms with Crippen LogP contribution in [0.25, 0.3) is 0 Å². The van der Waals surface area contributed by atoms with Gasteiger partial charge in [-0.15, -0.1) is 0 Å². The Labute approximate surface area is 141 Å². The first-order valence-electron chi connectivity index (χ1n) is 7.48. The number of rotatable bonds is 2. The lowest BCUT2D eigenvalue weighted by atomic mass is 9.87. The summed E-state index contributed by atoms with van der Waals surface area (Å²) in [5.74, 6) is -2.46. The third-order valence-electron chi connectivity index (χ3n) is 4.23. The summed E-state index contributed by atoms with van der Waals surface area (Å²) >= 11 is 0. The summed E-state index contributed by atoms with van der Waals surface area (Å²) in [6, 6.07) is 1.68. The number of halogens is 4. The third-order valence-corrected chi connectivity index (χ3v) is 4.23. The van der Waals surface area contributed by atoms with Crippen molar-refractivity contribution >= 4 is 12.1 Å². The summed E-state index contributed by atoms with van der Waals surface area (Å²) in [6.45, 7) is 0.139. The Balaban J connectivity index is 2.37. The molecule has 0 N–H and O–H groups in total. The zero-order valence-electron chi connectivity index (χ0n) is 13.6. The second-order valence-corrected chi connectivity index (χ2v) is 5.66. The summed E-state index contributed by atoms with van der Waals surface area (Å²) in [7, 11) is 2.39. The van der Waals surface area contributed by atoms with Crippen molar-refractivity contribution in [3.63, 3.8) is 0 Å². The van der Waals surface area contributed by atoms with Crippen LogP contribution in [0.3, 0.4) is 0 Å². The van der Waals surface area contributed by atoms with Gasteiger partial charge in [-0.3, -0.25) is 4.79 Å². The number of piperidine rings is 1. The van der Waals surface area contributed by atoms with Crippen LogP contribution >= 0.6 is 0 Å². The Bertz CT molecular complexity index is 662. The van der Waals surface area contributed by atoms with Crippen molar-refractivity contribution in [2.45, 2.75) is 25.1 Å². The first kappa shape index (κ1) is 19.0. The molecule has 9 heteroatoms. The SMILES string of the molecule is COC(=O)C1CCN(C(=O)OC)C(c2ccc(C(F)(F)F)c(F)c2)C1. The van der Waals surface area contributed by atoms with Crippen molar-refractivity contribution < 1.29 is 36.6 Å². The van der Waals surface area contributed by atoms with Gasteiger partial charge in [-0.05, 0) is 30.5 Å². The number of hydrogen-bond donors (Lipinski definition) is 0. The first-order valence-corrected chi connectivity index (χ1v) is 7.48. The molecule has 5 nitrogen and oxygen atoms in total. The molecule has 25 heavy (non-hydrogen) atoms. The molecule has 1 fully saturated rings. The van der Waals surface area contributed by atoms with Gasteiger partial charge < -0.3 is 14.4 Å². The fraction of sp³-hybridized carbons (Fsp3) is 0.500. The molecule has 0 aromatic heterocycles. The van der Waals surface area contributed by atoms with E-state index in [1.165, 1.54) is 19.1 Å². The van der Waals surface area contributed by atoms with Gasteiger partial charge in [0.2, 0.25) is 0 Å². The number of ether oxygens (including phenoxy) is 2. The smallest absolute Gasteiger partial charge is 0.419 e. The average molecular weight is 363 g/mol. The van der Waals surface area contributed by atoms with Crippen molar-refractivity contribution in [2.75, 3.05) is 20.8 Å². The van der Waals surface area contributed by atoms with Crippen LogP contribution in [0, 0.1) is 11.7 Å². The van der Waals surface area contributed by atoms with Crippen LogP contribution in [0.1, 0.15) is 30.0 Å². The van der Waals surface area contributed by atoms with E-state index in [9.17, 15) is 27.2 Å². The molecule has 1 aromatic rings. The second-order valence-electron chi connectivity index (χ2n) is 5.66. The van der Waals surface area contributed by atoms with E-state index in [-0.39, 0.29) is 18.5 Å². The maximum absolute atomic E-state index is 13.9. The molecular weight excluding hydrogens is 346 g/mol. The highest BCUT2D eigenvalue weighted by atomic mass is 19.4. The van der Waals surface area contributed by atoms with Crippen LogP contribution < -0.4 is 0 Å². The van der Waals surface area contributed by atoms with Gasteiger partial charge in [0.05, 0.1) is 31.7 Å². The summed E-state index contributed by atoms with van der Waals surface area (Å²) in [5.41, 5.74) is -1.23. The molecule has 0 saturated carbocycles. The molecule has 138 valence electrons.